The van der Waals surface area contributed by atoms with Crippen molar-refractivity contribution in [3.05, 3.63) is 22.8 Å². The van der Waals surface area contributed by atoms with E-state index in [4.69, 9.17) is 16.3 Å². The maximum Gasteiger partial charge on any atom is 0.126 e. The normalized spacial score (nSPS) is 12.8. The monoisotopic (exact) mass is 271 g/mol. The van der Waals surface area contributed by atoms with Crippen LogP contribution in [0.3, 0.4) is 0 Å². The first kappa shape index (κ1) is 15.2. The van der Waals surface area contributed by atoms with Gasteiger partial charge >= 0.3 is 0 Å². The van der Waals surface area contributed by atoms with E-state index < -0.39 is 0 Å². The molecule has 5 heteroatoms. The minimum absolute atomic E-state index is 0.329. The molecule has 4 nitrogen and oxygen atoms in total. The third-order valence-corrected chi connectivity index (χ3v) is 3.18. The smallest absolute Gasteiger partial charge is 0.126 e. The molecule has 1 aromatic rings. The maximum atomic E-state index is 6.17. The predicted octanol–water partition coefficient (Wildman–Crippen LogP) is 2.63. The number of rotatable bonds is 7. The van der Waals surface area contributed by atoms with Crippen molar-refractivity contribution in [1.82, 2.24) is 9.88 Å². The van der Waals surface area contributed by atoms with Crippen molar-refractivity contribution in [3.8, 4) is 0 Å². The molecular weight excluding hydrogens is 250 g/mol. The second kappa shape index (κ2) is 7.56. The Morgan fingerprint density at radius 1 is 1.50 bits per heavy atom. The average molecular weight is 272 g/mol. The molecule has 102 valence electrons. The van der Waals surface area contributed by atoms with Gasteiger partial charge in [-0.15, -0.1) is 0 Å². The molecule has 0 saturated carbocycles. The van der Waals surface area contributed by atoms with Crippen molar-refractivity contribution in [3.63, 3.8) is 0 Å². The average Bonchev–Trinajstić information content (AvgIpc) is 2.34. The lowest BCUT2D eigenvalue weighted by Gasteiger charge is -2.24. The molecular formula is C13H22ClN3O. The van der Waals surface area contributed by atoms with Gasteiger partial charge in [-0.1, -0.05) is 11.6 Å². The Morgan fingerprint density at radius 3 is 2.83 bits per heavy atom. The van der Waals surface area contributed by atoms with E-state index in [9.17, 15) is 0 Å². The zero-order chi connectivity index (χ0) is 13.5. The predicted molar refractivity (Wildman–Crippen MR) is 76.2 cm³/mol. The summed E-state index contributed by atoms with van der Waals surface area (Å²) < 4.78 is 5.15. The van der Waals surface area contributed by atoms with E-state index in [2.05, 4.69) is 22.1 Å². The van der Waals surface area contributed by atoms with Crippen molar-refractivity contribution in [2.24, 2.45) is 0 Å². The zero-order valence-corrected chi connectivity index (χ0v) is 12.3. The molecule has 1 atom stereocenters. The fourth-order valence-corrected chi connectivity index (χ4v) is 1.80. The van der Waals surface area contributed by atoms with Crippen LogP contribution in [0, 0.1) is 0 Å². The SMILES string of the molecule is CCNc1ccc(Cl)c(CN(C)C(C)COC)n1. The molecule has 1 rings (SSSR count). The largest absolute Gasteiger partial charge is 0.383 e. The van der Waals surface area contributed by atoms with Crippen LogP contribution in [-0.2, 0) is 11.3 Å². The number of anilines is 1. The number of nitrogens with zero attached hydrogens (tertiary/aromatic N) is 2. The minimum atomic E-state index is 0.329. The molecule has 1 aromatic heterocycles. The quantitative estimate of drug-likeness (QED) is 0.827. The first-order valence-corrected chi connectivity index (χ1v) is 6.54. The van der Waals surface area contributed by atoms with Gasteiger partial charge in [0.2, 0.25) is 0 Å². The van der Waals surface area contributed by atoms with Gasteiger partial charge in [0.25, 0.3) is 0 Å². The van der Waals surface area contributed by atoms with Gasteiger partial charge in [-0.3, -0.25) is 4.90 Å². The molecule has 0 aliphatic heterocycles. The lowest BCUT2D eigenvalue weighted by atomic mass is 10.2. The first-order valence-electron chi connectivity index (χ1n) is 6.17. The third kappa shape index (κ3) is 4.44. The molecule has 0 amide bonds. The van der Waals surface area contributed by atoms with E-state index in [1.807, 2.05) is 26.1 Å². The molecule has 0 aliphatic rings. The van der Waals surface area contributed by atoms with Gasteiger partial charge in [0.05, 0.1) is 17.3 Å². The van der Waals surface area contributed by atoms with Gasteiger partial charge in [0.15, 0.2) is 0 Å². The van der Waals surface area contributed by atoms with Crippen LogP contribution in [0.4, 0.5) is 5.82 Å². The van der Waals surface area contributed by atoms with Gasteiger partial charge in [-0.25, -0.2) is 4.98 Å². The van der Waals surface area contributed by atoms with E-state index >= 15 is 0 Å². The summed E-state index contributed by atoms with van der Waals surface area (Å²) in [4.78, 5) is 6.69. The number of ether oxygens (including phenoxy) is 1. The van der Waals surface area contributed by atoms with Crippen LogP contribution < -0.4 is 5.32 Å². The summed E-state index contributed by atoms with van der Waals surface area (Å²) in [6, 6.07) is 4.11. The topological polar surface area (TPSA) is 37.4 Å². The van der Waals surface area contributed by atoms with E-state index in [-0.39, 0.29) is 0 Å². The van der Waals surface area contributed by atoms with Crippen molar-refractivity contribution in [2.75, 3.05) is 32.6 Å². The van der Waals surface area contributed by atoms with Crippen LogP contribution in [0.15, 0.2) is 12.1 Å². The maximum absolute atomic E-state index is 6.17. The Labute approximate surface area is 114 Å². The number of hydrogen-bond acceptors (Lipinski definition) is 4. The van der Waals surface area contributed by atoms with E-state index in [0.717, 1.165) is 18.1 Å². The van der Waals surface area contributed by atoms with Crippen LogP contribution in [0.2, 0.25) is 5.02 Å². The van der Waals surface area contributed by atoms with Crippen molar-refractivity contribution in [1.29, 1.82) is 0 Å². The number of aromatic nitrogens is 1. The van der Waals surface area contributed by atoms with Gasteiger partial charge in [0.1, 0.15) is 5.82 Å². The number of methoxy groups -OCH3 is 1. The Morgan fingerprint density at radius 2 is 2.22 bits per heavy atom. The standard InChI is InChI=1S/C13H22ClN3O/c1-5-15-13-7-6-11(14)12(16-13)8-17(3)10(2)9-18-4/h6-7,10H,5,8-9H2,1-4H3,(H,15,16). The van der Waals surface area contributed by atoms with Crippen LogP contribution in [0.25, 0.3) is 0 Å². The number of nitrogens with one attached hydrogen (secondary N) is 1. The summed E-state index contributed by atoms with van der Waals surface area (Å²) in [7, 11) is 3.75. The molecule has 1 unspecified atom stereocenters. The Kier molecular flexibility index (Phi) is 6.39. The molecule has 1 heterocycles. The number of pyridine rings is 1. The van der Waals surface area contributed by atoms with Crippen molar-refractivity contribution in [2.45, 2.75) is 26.4 Å². The summed E-state index contributed by atoms with van der Waals surface area (Å²) in [5.41, 5.74) is 0.889. The number of likely N-dealkylation sites (N-methyl/N-ethyl adjacent to an activating group) is 1. The van der Waals surface area contributed by atoms with Crippen molar-refractivity contribution >= 4 is 17.4 Å². The lowest BCUT2D eigenvalue weighted by Crippen LogP contribution is -2.32. The summed E-state index contributed by atoms with van der Waals surface area (Å²) >= 11 is 6.17. The molecule has 0 radical (unpaired) electrons. The van der Waals surface area contributed by atoms with E-state index in [1.165, 1.54) is 0 Å². The van der Waals surface area contributed by atoms with Gasteiger partial charge < -0.3 is 10.1 Å². The highest BCUT2D eigenvalue weighted by Crippen LogP contribution is 2.18. The van der Waals surface area contributed by atoms with Crippen molar-refractivity contribution < 1.29 is 4.74 Å². The molecule has 0 aromatic carbocycles. The molecule has 0 fully saturated rings. The Bertz CT molecular complexity index is 373. The van der Waals surface area contributed by atoms with Crippen LogP contribution in [0.5, 0.6) is 0 Å². The lowest BCUT2D eigenvalue weighted by molar-refractivity contribution is 0.111. The molecule has 0 bridgehead atoms. The Hall–Kier alpha value is -0.840. The van der Waals surface area contributed by atoms with E-state index in [0.29, 0.717) is 24.2 Å². The molecule has 0 aliphatic carbocycles. The van der Waals surface area contributed by atoms with Gasteiger partial charge in [0, 0.05) is 26.2 Å². The summed E-state index contributed by atoms with van der Waals surface area (Å²) in [6.07, 6.45) is 0. The summed E-state index contributed by atoms with van der Waals surface area (Å²) in [5, 5.41) is 3.89. The highest BCUT2D eigenvalue weighted by atomic mass is 35.5. The Balaban J connectivity index is 2.73. The summed E-state index contributed by atoms with van der Waals surface area (Å²) in [5.74, 6) is 0.865. The van der Waals surface area contributed by atoms with Gasteiger partial charge in [-0.05, 0) is 33.0 Å². The third-order valence-electron chi connectivity index (χ3n) is 2.84. The molecule has 0 saturated heterocycles. The van der Waals surface area contributed by atoms with Crippen LogP contribution in [-0.4, -0.2) is 43.2 Å². The first-order chi connectivity index (χ1) is 8.58. The van der Waals surface area contributed by atoms with Crippen LogP contribution in [0.1, 0.15) is 19.5 Å². The second-order valence-corrected chi connectivity index (χ2v) is 4.78. The highest BCUT2D eigenvalue weighted by molar-refractivity contribution is 6.31. The zero-order valence-electron chi connectivity index (χ0n) is 11.5. The minimum Gasteiger partial charge on any atom is -0.383 e. The van der Waals surface area contributed by atoms with Gasteiger partial charge in [-0.2, -0.15) is 0 Å². The summed E-state index contributed by atoms with van der Waals surface area (Å²) in [6.45, 7) is 6.42. The highest BCUT2D eigenvalue weighted by Gasteiger charge is 2.12. The molecule has 18 heavy (non-hydrogen) atoms. The molecule has 1 N–H and O–H groups in total. The second-order valence-electron chi connectivity index (χ2n) is 4.37. The van der Waals surface area contributed by atoms with E-state index in [1.54, 1.807) is 7.11 Å². The number of halogens is 1. The number of hydrogen-bond donors (Lipinski definition) is 1. The van der Waals surface area contributed by atoms with Crippen LogP contribution >= 0.6 is 11.6 Å². The fraction of sp³-hybridized carbons (Fsp3) is 0.615. The molecule has 0 spiro atoms. The fourth-order valence-electron chi connectivity index (χ4n) is 1.64.